The number of hydrogen-bond acceptors (Lipinski definition) is 5. The fourth-order valence-electron chi connectivity index (χ4n) is 3.79. The van der Waals surface area contributed by atoms with Crippen LogP contribution in [0.3, 0.4) is 0 Å². The van der Waals surface area contributed by atoms with Crippen molar-refractivity contribution in [2.24, 2.45) is 4.99 Å². The summed E-state index contributed by atoms with van der Waals surface area (Å²) in [6.45, 7) is 5.69. The number of hydrogen-bond donors (Lipinski definition) is 2. The van der Waals surface area contributed by atoms with Gasteiger partial charge < -0.3 is 19.9 Å². The lowest BCUT2D eigenvalue weighted by Crippen LogP contribution is -2.46. The highest BCUT2D eigenvalue weighted by Gasteiger charge is 2.23. The molecule has 2 N–H and O–H groups in total. The summed E-state index contributed by atoms with van der Waals surface area (Å²) in [5.41, 5.74) is 1.26. The maximum atomic E-state index is 5.54. The van der Waals surface area contributed by atoms with Crippen molar-refractivity contribution in [3.05, 3.63) is 76.5 Å². The molecule has 2 aromatic heterocycles. The van der Waals surface area contributed by atoms with Crippen molar-refractivity contribution >= 4 is 17.3 Å². The van der Waals surface area contributed by atoms with Crippen LogP contribution < -0.4 is 10.6 Å². The molecule has 1 aromatic carbocycles. The van der Waals surface area contributed by atoms with Gasteiger partial charge >= 0.3 is 0 Å². The second-order valence-electron chi connectivity index (χ2n) is 7.44. The van der Waals surface area contributed by atoms with E-state index < -0.39 is 0 Å². The van der Waals surface area contributed by atoms with Gasteiger partial charge in [-0.2, -0.15) is 0 Å². The van der Waals surface area contributed by atoms with Crippen LogP contribution >= 0.6 is 11.3 Å². The van der Waals surface area contributed by atoms with Crippen LogP contribution in [0.1, 0.15) is 22.3 Å². The van der Waals surface area contributed by atoms with E-state index in [1.807, 2.05) is 18.5 Å². The number of imidazole rings is 1. The first-order valence-electron chi connectivity index (χ1n) is 10.7. The van der Waals surface area contributed by atoms with Crippen molar-refractivity contribution < 1.29 is 4.74 Å². The molecular formula is C23H30N6OS. The van der Waals surface area contributed by atoms with Gasteiger partial charge in [0.2, 0.25) is 0 Å². The molecule has 1 aliphatic heterocycles. The molecule has 7 nitrogen and oxygen atoms in total. The van der Waals surface area contributed by atoms with Crippen molar-refractivity contribution in [3.63, 3.8) is 0 Å². The number of nitrogens with one attached hydrogen (secondary N) is 2. The minimum Gasteiger partial charge on any atom is -0.379 e. The highest BCUT2D eigenvalue weighted by atomic mass is 32.1. The van der Waals surface area contributed by atoms with Crippen LogP contribution in [0.4, 0.5) is 0 Å². The number of aromatic nitrogens is 2. The topological polar surface area (TPSA) is 66.7 Å². The lowest BCUT2D eigenvalue weighted by Gasteiger charge is -2.34. The van der Waals surface area contributed by atoms with Crippen LogP contribution in [-0.2, 0) is 17.8 Å². The number of rotatable bonds is 8. The first-order chi connectivity index (χ1) is 15.3. The average Bonchev–Trinajstić information content (AvgIpc) is 3.50. The van der Waals surface area contributed by atoms with E-state index in [4.69, 9.17) is 4.74 Å². The Balaban J connectivity index is 1.34. The van der Waals surface area contributed by atoms with E-state index >= 15 is 0 Å². The van der Waals surface area contributed by atoms with Crippen LogP contribution in [0.2, 0.25) is 0 Å². The fraction of sp³-hybridized carbons (Fsp3) is 0.391. The Morgan fingerprint density at radius 1 is 1.16 bits per heavy atom. The number of nitrogens with zero attached hydrogens (tertiary/aromatic N) is 4. The molecule has 4 rings (SSSR count). The molecule has 3 heterocycles. The van der Waals surface area contributed by atoms with Gasteiger partial charge in [0.25, 0.3) is 0 Å². The molecule has 8 heteroatoms. The Labute approximate surface area is 187 Å². The van der Waals surface area contributed by atoms with Gasteiger partial charge in [-0.25, -0.2) is 4.98 Å². The number of guanidine groups is 1. The van der Waals surface area contributed by atoms with Crippen LogP contribution in [0.15, 0.2) is 65.2 Å². The molecule has 31 heavy (non-hydrogen) atoms. The molecular weight excluding hydrogens is 408 g/mol. The number of benzene rings is 1. The van der Waals surface area contributed by atoms with E-state index in [1.165, 1.54) is 10.4 Å². The first-order valence-corrected chi connectivity index (χ1v) is 11.5. The predicted molar refractivity (Wildman–Crippen MR) is 125 cm³/mol. The predicted octanol–water partition coefficient (Wildman–Crippen LogP) is 2.73. The normalized spacial score (nSPS) is 16.2. The zero-order valence-electron chi connectivity index (χ0n) is 17.9. The van der Waals surface area contributed by atoms with Gasteiger partial charge in [0.1, 0.15) is 5.82 Å². The van der Waals surface area contributed by atoms with Crippen molar-refractivity contribution in [1.29, 1.82) is 0 Å². The average molecular weight is 439 g/mol. The summed E-state index contributed by atoms with van der Waals surface area (Å²) in [5, 5.41) is 9.07. The molecule has 0 saturated carbocycles. The standard InChI is InChI=1S/C23H30N6OS/c1-24-23(26-16-20(21-8-5-15-31-21)28-11-13-30-14-12-28)27-17-22-25-9-10-29(22)18-19-6-3-2-4-7-19/h2-10,15,20H,11-14,16-18H2,1H3,(H2,24,26,27). The lowest BCUT2D eigenvalue weighted by atomic mass is 10.2. The van der Waals surface area contributed by atoms with Gasteiger partial charge in [-0.05, 0) is 17.0 Å². The molecule has 0 aliphatic carbocycles. The van der Waals surface area contributed by atoms with Crippen molar-refractivity contribution in [3.8, 4) is 0 Å². The second kappa shape index (κ2) is 11.1. The maximum absolute atomic E-state index is 5.54. The maximum Gasteiger partial charge on any atom is 0.191 e. The van der Waals surface area contributed by atoms with Gasteiger partial charge in [-0.15, -0.1) is 11.3 Å². The quantitative estimate of drug-likeness (QED) is 0.418. The SMILES string of the molecule is CN=C(NCc1nccn1Cc1ccccc1)NCC(c1cccs1)N1CCOCC1. The van der Waals surface area contributed by atoms with Crippen LogP contribution in [-0.4, -0.2) is 60.3 Å². The molecule has 0 spiro atoms. The zero-order valence-corrected chi connectivity index (χ0v) is 18.7. The summed E-state index contributed by atoms with van der Waals surface area (Å²) in [6.07, 6.45) is 3.87. The number of thiophene rings is 1. The molecule has 164 valence electrons. The second-order valence-corrected chi connectivity index (χ2v) is 8.42. The third-order valence-electron chi connectivity index (χ3n) is 5.46. The van der Waals surface area contributed by atoms with E-state index in [0.29, 0.717) is 12.6 Å². The molecule has 1 atom stereocenters. The molecule has 1 unspecified atom stereocenters. The van der Waals surface area contributed by atoms with Crippen molar-refractivity contribution in [2.45, 2.75) is 19.1 Å². The summed E-state index contributed by atoms with van der Waals surface area (Å²) in [4.78, 5) is 12.8. The third-order valence-corrected chi connectivity index (χ3v) is 6.43. The monoisotopic (exact) mass is 438 g/mol. The zero-order chi connectivity index (χ0) is 21.3. The summed E-state index contributed by atoms with van der Waals surface area (Å²) in [5.74, 6) is 1.76. The Kier molecular flexibility index (Phi) is 7.71. The van der Waals surface area contributed by atoms with Gasteiger partial charge in [0, 0.05) is 50.5 Å². The Hall–Kier alpha value is -2.68. The highest BCUT2D eigenvalue weighted by molar-refractivity contribution is 7.10. The van der Waals surface area contributed by atoms with Gasteiger partial charge in [0.05, 0.1) is 25.8 Å². The molecule has 1 saturated heterocycles. The summed E-state index contributed by atoms with van der Waals surface area (Å²) >= 11 is 1.80. The van der Waals surface area contributed by atoms with Crippen molar-refractivity contribution in [2.75, 3.05) is 39.9 Å². The number of morpholine rings is 1. The van der Waals surface area contributed by atoms with Crippen LogP contribution in [0.5, 0.6) is 0 Å². The highest BCUT2D eigenvalue weighted by Crippen LogP contribution is 2.25. The van der Waals surface area contributed by atoms with E-state index in [0.717, 1.165) is 51.2 Å². The first kappa shape index (κ1) is 21.5. The lowest BCUT2D eigenvalue weighted by molar-refractivity contribution is 0.0177. The fourth-order valence-corrected chi connectivity index (χ4v) is 4.65. The smallest absolute Gasteiger partial charge is 0.191 e. The van der Waals surface area contributed by atoms with Gasteiger partial charge in [-0.1, -0.05) is 36.4 Å². The Morgan fingerprint density at radius 3 is 2.74 bits per heavy atom. The van der Waals surface area contributed by atoms with Gasteiger partial charge in [0.15, 0.2) is 5.96 Å². The summed E-state index contributed by atoms with van der Waals surface area (Å²) < 4.78 is 7.71. The van der Waals surface area contributed by atoms with Crippen LogP contribution in [0, 0.1) is 0 Å². The number of ether oxygens (including phenoxy) is 1. The largest absolute Gasteiger partial charge is 0.379 e. The van der Waals surface area contributed by atoms with E-state index in [9.17, 15) is 0 Å². The molecule has 3 aromatic rings. The number of aliphatic imine (C=N–C) groups is 1. The van der Waals surface area contributed by atoms with E-state index in [1.54, 1.807) is 18.4 Å². The van der Waals surface area contributed by atoms with E-state index in [2.05, 4.69) is 71.9 Å². The third kappa shape index (κ3) is 5.94. The Morgan fingerprint density at radius 2 is 2.00 bits per heavy atom. The minimum absolute atomic E-state index is 0.308. The minimum atomic E-state index is 0.308. The molecule has 1 aliphatic rings. The molecule has 0 radical (unpaired) electrons. The molecule has 1 fully saturated rings. The van der Waals surface area contributed by atoms with Gasteiger partial charge in [-0.3, -0.25) is 9.89 Å². The van der Waals surface area contributed by atoms with Crippen molar-refractivity contribution in [1.82, 2.24) is 25.1 Å². The molecule has 0 bridgehead atoms. The van der Waals surface area contributed by atoms with Crippen LogP contribution in [0.25, 0.3) is 0 Å². The summed E-state index contributed by atoms with van der Waals surface area (Å²) in [6, 6.07) is 15.1. The Bertz CT molecular complexity index is 934. The van der Waals surface area contributed by atoms with E-state index in [-0.39, 0.29) is 0 Å². The summed E-state index contributed by atoms with van der Waals surface area (Å²) in [7, 11) is 1.81. The molecule has 0 amide bonds.